The van der Waals surface area contributed by atoms with E-state index in [1.807, 2.05) is 20.2 Å². The smallest absolute Gasteiger partial charge is 0.207 e. The third-order valence-electron chi connectivity index (χ3n) is 1.43. The van der Waals surface area contributed by atoms with Crippen molar-refractivity contribution >= 4 is 5.84 Å². The molecule has 1 radical (unpaired) electrons. The van der Waals surface area contributed by atoms with Gasteiger partial charge in [-0.25, -0.2) is 0 Å². The lowest BCUT2D eigenvalue weighted by molar-refractivity contribution is 0.623. The van der Waals surface area contributed by atoms with Gasteiger partial charge >= 0.3 is 0 Å². The van der Waals surface area contributed by atoms with Gasteiger partial charge in [0.25, 0.3) is 0 Å². The number of aromatic nitrogens is 1. The Morgan fingerprint density at radius 3 is 2.92 bits per heavy atom. The van der Waals surface area contributed by atoms with Crippen LogP contribution in [0.3, 0.4) is 0 Å². The molecule has 4 heteroatoms. The first-order valence-electron chi connectivity index (χ1n) is 3.73. The molecular formula is C9H9N4. The summed E-state index contributed by atoms with van der Waals surface area (Å²) in [6.45, 7) is 0. The molecule has 0 aromatic carbocycles. The monoisotopic (exact) mass is 173 g/mol. The van der Waals surface area contributed by atoms with Crippen LogP contribution in [-0.4, -0.2) is 29.8 Å². The summed E-state index contributed by atoms with van der Waals surface area (Å²) in [6, 6.07) is 3.59. The summed E-state index contributed by atoms with van der Waals surface area (Å²) < 4.78 is 0. The van der Waals surface area contributed by atoms with Crippen molar-refractivity contribution in [1.82, 2.24) is 9.88 Å². The zero-order chi connectivity index (χ0) is 9.68. The van der Waals surface area contributed by atoms with Gasteiger partial charge in [0, 0.05) is 25.9 Å². The standard InChI is InChI=1S/C9H9N4/c1-13(2)9(12-7-10)8-4-3-5-11-6-8/h3-5H,1-2H3. The van der Waals surface area contributed by atoms with Gasteiger partial charge in [0.2, 0.25) is 6.19 Å². The summed E-state index contributed by atoms with van der Waals surface area (Å²) in [7, 11) is 3.63. The molecule has 0 N–H and O–H groups in total. The Kier molecular flexibility index (Phi) is 2.98. The van der Waals surface area contributed by atoms with Crippen LogP contribution in [0.5, 0.6) is 0 Å². The molecule has 1 heterocycles. The molecule has 65 valence electrons. The topological polar surface area (TPSA) is 52.3 Å². The first kappa shape index (κ1) is 9.20. The second-order valence-corrected chi connectivity index (χ2v) is 2.59. The number of hydrogen-bond acceptors (Lipinski definition) is 3. The molecule has 0 aliphatic heterocycles. The Labute approximate surface area is 77.2 Å². The molecule has 0 spiro atoms. The summed E-state index contributed by atoms with van der Waals surface area (Å²) in [5.41, 5.74) is 0.717. The molecule has 0 aliphatic carbocycles. The molecule has 0 atom stereocenters. The van der Waals surface area contributed by atoms with E-state index in [4.69, 9.17) is 5.26 Å². The molecule has 1 aromatic heterocycles. The van der Waals surface area contributed by atoms with Gasteiger partial charge in [0.05, 0.1) is 0 Å². The maximum atomic E-state index is 8.45. The van der Waals surface area contributed by atoms with Crippen LogP contribution in [0.2, 0.25) is 0 Å². The molecule has 0 saturated carbocycles. The van der Waals surface area contributed by atoms with Gasteiger partial charge in [-0.2, -0.15) is 10.3 Å². The second kappa shape index (κ2) is 4.21. The fourth-order valence-electron chi connectivity index (χ4n) is 0.899. The Morgan fingerprint density at radius 2 is 2.46 bits per heavy atom. The maximum Gasteiger partial charge on any atom is 0.207 e. The van der Waals surface area contributed by atoms with Crippen LogP contribution >= 0.6 is 0 Å². The molecule has 4 nitrogen and oxygen atoms in total. The predicted molar refractivity (Wildman–Crippen MR) is 48.9 cm³/mol. The Bertz CT molecular complexity index is 334. The third kappa shape index (κ3) is 2.27. The predicted octanol–water partition coefficient (Wildman–Crippen LogP) is 0.671. The minimum absolute atomic E-state index is 0.565. The molecule has 13 heavy (non-hydrogen) atoms. The van der Waals surface area contributed by atoms with Gasteiger partial charge in [-0.1, -0.05) is 0 Å². The van der Waals surface area contributed by atoms with Gasteiger partial charge in [-0.05, 0) is 12.1 Å². The average molecular weight is 173 g/mol. The molecule has 0 aliphatic rings. The summed E-state index contributed by atoms with van der Waals surface area (Å²) in [5, 5.41) is 8.45. The van der Waals surface area contributed by atoms with E-state index in [-0.39, 0.29) is 0 Å². The fraction of sp³-hybridized carbons (Fsp3) is 0.222. The summed E-state index contributed by atoms with van der Waals surface area (Å²) >= 11 is 0. The molecule has 0 amide bonds. The van der Waals surface area contributed by atoms with Gasteiger partial charge in [-0.3, -0.25) is 4.98 Å². The van der Waals surface area contributed by atoms with Crippen LogP contribution in [0.25, 0.3) is 0 Å². The Hall–Kier alpha value is -1.89. The van der Waals surface area contributed by atoms with E-state index in [1.165, 1.54) is 0 Å². The fourth-order valence-corrected chi connectivity index (χ4v) is 0.899. The minimum atomic E-state index is 0.565. The van der Waals surface area contributed by atoms with E-state index in [1.54, 1.807) is 23.4 Å². The van der Waals surface area contributed by atoms with Crippen LogP contribution in [0.1, 0.15) is 5.56 Å². The third-order valence-corrected chi connectivity index (χ3v) is 1.43. The van der Waals surface area contributed by atoms with Gasteiger partial charge in [0.1, 0.15) is 12.0 Å². The van der Waals surface area contributed by atoms with E-state index in [2.05, 4.69) is 16.2 Å². The quantitative estimate of drug-likeness (QED) is 0.356. The molecule has 0 bridgehead atoms. The molecule has 1 rings (SSSR count). The van der Waals surface area contributed by atoms with Crippen molar-refractivity contribution in [3.63, 3.8) is 0 Å². The van der Waals surface area contributed by atoms with Gasteiger partial charge in [-0.15, -0.1) is 0 Å². The van der Waals surface area contributed by atoms with Crippen LogP contribution in [-0.2, 0) is 0 Å². The van der Waals surface area contributed by atoms with Crippen LogP contribution in [0.15, 0.2) is 23.3 Å². The van der Waals surface area contributed by atoms with Crippen molar-refractivity contribution in [2.75, 3.05) is 14.1 Å². The van der Waals surface area contributed by atoms with Crippen molar-refractivity contribution in [2.24, 2.45) is 4.99 Å². The molecule has 1 aromatic rings. The van der Waals surface area contributed by atoms with E-state index >= 15 is 0 Å². The van der Waals surface area contributed by atoms with Crippen LogP contribution in [0.4, 0.5) is 0 Å². The van der Waals surface area contributed by atoms with E-state index in [0.717, 1.165) is 0 Å². The number of pyridine rings is 1. The van der Waals surface area contributed by atoms with E-state index < -0.39 is 0 Å². The van der Waals surface area contributed by atoms with Crippen molar-refractivity contribution in [3.05, 3.63) is 30.1 Å². The maximum absolute atomic E-state index is 8.45. The second-order valence-electron chi connectivity index (χ2n) is 2.59. The van der Waals surface area contributed by atoms with Gasteiger partial charge < -0.3 is 4.90 Å². The first-order chi connectivity index (χ1) is 6.25. The van der Waals surface area contributed by atoms with Gasteiger partial charge in [0.15, 0.2) is 0 Å². The average Bonchev–Trinajstić information content (AvgIpc) is 2.15. The largest absolute Gasteiger partial charge is 0.361 e. The summed E-state index contributed by atoms with van der Waals surface area (Å²) in [4.78, 5) is 9.25. The van der Waals surface area contributed by atoms with Crippen LogP contribution < -0.4 is 0 Å². The minimum Gasteiger partial charge on any atom is -0.361 e. The Balaban J connectivity index is 3.05. The highest BCUT2D eigenvalue weighted by molar-refractivity contribution is 5.98. The lowest BCUT2D eigenvalue weighted by atomic mass is 10.2. The SMILES string of the molecule is CN(C)C(=NC#N)c1[c]nccc1. The lowest BCUT2D eigenvalue weighted by Crippen LogP contribution is -2.23. The van der Waals surface area contributed by atoms with Crippen molar-refractivity contribution < 1.29 is 0 Å². The summed E-state index contributed by atoms with van der Waals surface area (Å²) in [6.07, 6.45) is 6.14. The van der Waals surface area contributed by atoms with Crippen molar-refractivity contribution in [1.29, 1.82) is 5.26 Å². The van der Waals surface area contributed by atoms with Crippen LogP contribution in [0, 0.1) is 17.7 Å². The van der Waals surface area contributed by atoms with E-state index in [9.17, 15) is 0 Å². The molecule has 0 saturated heterocycles. The zero-order valence-electron chi connectivity index (χ0n) is 7.52. The lowest BCUT2D eigenvalue weighted by Gasteiger charge is -2.12. The highest BCUT2D eigenvalue weighted by Crippen LogP contribution is 2.00. The molecule has 0 unspecified atom stereocenters. The molecular weight excluding hydrogens is 164 g/mol. The number of nitriles is 1. The number of amidine groups is 1. The zero-order valence-corrected chi connectivity index (χ0v) is 7.52. The first-order valence-corrected chi connectivity index (χ1v) is 3.73. The number of nitrogens with zero attached hydrogens (tertiary/aromatic N) is 4. The number of rotatable bonds is 1. The van der Waals surface area contributed by atoms with E-state index in [0.29, 0.717) is 11.4 Å². The summed E-state index contributed by atoms with van der Waals surface area (Å²) in [5.74, 6) is 0.565. The number of aliphatic imine (C=N–C) groups is 1. The van der Waals surface area contributed by atoms with Crippen molar-refractivity contribution in [2.45, 2.75) is 0 Å². The Morgan fingerprint density at radius 1 is 1.69 bits per heavy atom. The normalized spacial score (nSPS) is 10.7. The number of hydrogen-bond donors (Lipinski definition) is 0. The van der Waals surface area contributed by atoms with Crippen molar-refractivity contribution in [3.8, 4) is 6.19 Å². The molecule has 0 fully saturated rings. The highest BCUT2D eigenvalue weighted by atomic mass is 15.1. The highest BCUT2D eigenvalue weighted by Gasteiger charge is 2.05.